The molecule has 200 valence electrons. The average molecular weight is 542 g/mol. The van der Waals surface area contributed by atoms with E-state index in [-0.39, 0.29) is 5.78 Å². The van der Waals surface area contributed by atoms with Crippen LogP contribution in [0.3, 0.4) is 0 Å². The van der Waals surface area contributed by atoms with Crippen molar-refractivity contribution >= 4 is 39.7 Å². The molecule has 0 bridgehead atoms. The first kappa shape index (κ1) is 25.6. The van der Waals surface area contributed by atoms with Crippen LogP contribution in [0.2, 0.25) is 0 Å². The van der Waals surface area contributed by atoms with Gasteiger partial charge in [-0.1, -0.05) is 42.5 Å². The number of carbonyl (C=O) groups excluding carboxylic acids is 1. The third-order valence-electron chi connectivity index (χ3n) is 6.52. The number of furan rings is 1. The number of hydrogen-bond donors (Lipinski definition) is 1. The Hall–Kier alpha value is -5.69. The Morgan fingerprint density at radius 1 is 0.878 bits per heavy atom. The third-order valence-corrected chi connectivity index (χ3v) is 6.52. The molecule has 0 saturated heterocycles. The molecule has 2 heterocycles. The summed E-state index contributed by atoms with van der Waals surface area (Å²) in [6.07, 6.45) is 5.66. The summed E-state index contributed by atoms with van der Waals surface area (Å²) in [5.74, 6) is 0.198. The van der Waals surface area contributed by atoms with Gasteiger partial charge in [0.25, 0.3) is 0 Å². The Morgan fingerprint density at radius 3 is 2.49 bits per heavy atom. The first-order chi connectivity index (χ1) is 20.0. The fraction of sp³-hybridized carbons (Fsp3) is 0.0294. The molecular weight excluding hydrogens is 518 g/mol. The smallest absolute Gasteiger partial charge is 0.328 e. The lowest BCUT2D eigenvalue weighted by Crippen LogP contribution is -2.05. The molecule has 0 unspecified atom stereocenters. The lowest BCUT2D eigenvalue weighted by atomic mass is 10.0. The van der Waals surface area contributed by atoms with Crippen LogP contribution in [0, 0.1) is 0 Å². The van der Waals surface area contributed by atoms with Gasteiger partial charge in [-0.25, -0.2) is 4.79 Å². The summed E-state index contributed by atoms with van der Waals surface area (Å²) < 4.78 is 17.7. The number of ketones is 1. The van der Waals surface area contributed by atoms with Gasteiger partial charge in [0.1, 0.15) is 29.4 Å². The van der Waals surface area contributed by atoms with Gasteiger partial charge in [0, 0.05) is 34.7 Å². The highest BCUT2D eigenvalue weighted by Crippen LogP contribution is 2.36. The van der Waals surface area contributed by atoms with Crippen molar-refractivity contribution in [3.8, 4) is 17.2 Å². The molecule has 0 saturated carbocycles. The second-order valence-corrected chi connectivity index (χ2v) is 9.30. The van der Waals surface area contributed by atoms with Gasteiger partial charge in [0.05, 0.1) is 17.3 Å². The Kier molecular flexibility index (Phi) is 6.99. The highest BCUT2D eigenvalue weighted by Gasteiger charge is 2.20. The SMILES string of the molecule is O=C(O)/C=C/c1ccc(Oc2c(C(=O)c3ccc4occc4c3)cnc3cc(OCc4ccccc4)ccc23)cc1. The summed E-state index contributed by atoms with van der Waals surface area (Å²) in [6.45, 7) is 0.408. The standard InChI is InChI=1S/C34H23NO6/c36-32(37)15-8-22-6-10-26(11-7-22)41-34-28-13-12-27(40-21-23-4-2-1-3-5-23)19-30(28)35-20-29(34)33(38)25-9-14-31-24(18-25)16-17-39-31/h1-20H,21H2,(H,36,37)/b15-8+. The molecule has 1 N–H and O–H groups in total. The lowest BCUT2D eigenvalue weighted by molar-refractivity contribution is -0.131. The number of aromatic nitrogens is 1. The van der Waals surface area contributed by atoms with Crippen molar-refractivity contribution in [1.29, 1.82) is 0 Å². The molecule has 6 aromatic rings. The van der Waals surface area contributed by atoms with Gasteiger partial charge in [-0.05, 0) is 65.7 Å². The van der Waals surface area contributed by atoms with E-state index >= 15 is 0 Å². The number of hydrogen-bond acceptors (Lipinski definition) is 6. The molecule has 0 aliphatic carbocycles. The normalized spacial score (nSPS) is 11.2. The zero-order chi connectivity index (χ0) is 28.2. The maximum atomic E-state index is 13.8. The van der Waals surface area contributed by atoms with Crippen LogP contribution in [0.1, 0.15) is 27.0 Å². The van der Waals surface area contributed by atoms with Crippen LogP contribution in [0.25, 0.3) is 27.9 Å². The molecule has 2 aromatic heterocycles. The minimum atomic E-state index is -1.03. The van der Waals surface area contributed by atoms with Crippen LogP contribution < -0.4 is 9.47 Å². The fourth-order valence-electron chi connectivity index (χ4n) is 4.45. The molecule has 0 atom stereocenters. The summed E-state index contributed by atoms with van der Waals surface area (Å²) in [5.41, 5.74) is 3.81. The number of rotatable bonds is 9. The molecular formula is C34H23NO6. The van der Waals surface area contributed by atoms with Gasteiger partial charge in [0.15, 0.2) is 5.78 Å². The van der Waals surface area contributed by atoms with Gasteiger partial charge in [-0.15, -0.1) is 0 Å². The van der Waals surface area contributed by atoms with Crippen LogP contribution in [0.4, 0.5) is 0 Å². The molecule has 0 amide bonds. The van der Waals surface area contributed by atoms with Crippen molar-refractivity contribution in [2.45, 2.75) is 6.61 Å². The van der Waals surface area contributed by atoms with E-state index in [4.69, 9.17) is 19.0 Å². The topological polar surface area (TPSA) is 98.9 Å². The zero-order valence-electron chi connectivity index (χ0n) is 21.7. The van der Waals surface area contributed by atoms with Gasteiger partial charge < -0.3 is 19.0 Å². The van der Waals surface area contributed by atoms with Crippen LogP contribution in [-0.4, -0.2) is 21.8 Å². The molecule has 0 aliphatic rings. The minimum Gasteiger partial charge on any atom is -0.489 e. The van der Waals surface area contributed by atoms with Gasteiger partial charge in [0.2, 0.25) is 0 Å². The molecule has 0 spiro atoms. The van der Waals surface area contributed by atoms with E-state index in [0.29, 0.717) is 57.0 Å². The van der Waals surface area contributed by atoms with Crippen molar-refractivity contribution in [2.24, 2.45) is 0 Å². The molecule has 7 nitrogen and oxygen atoms in total. The predicted molar refractivity (Wildman–Crippen MR) is 155 cm³/mol. The van der Waals surface area contributed by atoms with Gasteiger partial charge >= 0.3 is 5.97 Å². The lowest BCUT2D eigenvalue weighted by Gasteiger charge is -2.15. The number of aliphatic carboxylic acids is 1. The van der Waals surface area contributed by atoms with E-state index < -0.39 is 5.97 Å². The molecule has 0 aliphatic heterocycles. The fourth-order valence-corrected chi connectivity index (χ4v) is 4.45. The Labute approximate surface area is 234 Å². The molecule has 7 heteroatoms. The van der Waals surface area contributed by atoms with E-state index in [1.807, 2.05) is 48.5 Å². The highest BCUT2D eigenvalue weighted by atomic mass is 16.5. The van der Waals surface area contributed by atoms with E-state index in [1.165, 1.54) is 12.3 Å². The first-order valence-corrected chi connectivity index (χ1v) is 12.8. The van der Waals surface area contributed by atoms with Crippen molar-refractivity contribution in [3.05, 3.63) is 138 Å². The molecule has 41 heavy (non-hydrogen) atoms. The zero-order valence-corrected chi connectivity index (χ0v) is 21.7. The van der Waals surface area contributed by atoms with Gasteiger partial charge in [-0.2, -0.15) is 0 Å². The Bertz CT molecular complexity index is 1910. The summed E-state index contributed by atoms with van der Waals surface area (Å²) >= 11 is 0. The van der Waals surface area contributed by atoms with Crippen molar-refractivity contribution < 1.29 is 28.6 Å². The summed E-state index contributed by atoms with van der Waals surface area (Å²) in [6, 6.07) is 29.3. The number of pyridine rings is 1. The monoisotopic (exact) mass is 541 g/mol. The van der Waals surface area contributed by atoms with Crippen molar-refractivity contribution in [1.82, 2.24) is 4.98 Å². The number of carbonyl (C=O) groups is 2. The summed E-state index contributed by atoms with van der Waals surface area (Å²) in [5, 5.41) is 10.4. The number of ether oxygens (including phenoxy) is 2. The highest BCUT2D eigenvalue weighted by molar-refractivity contribution is 6.14. The number of benzene rings is 4. The second kappa shape index (κ2) is 11.2. The van der Waals surface area contributed by atoms with Crippen LogP contribution in [-0.2, 0) is 11.4 Å². The second-order valence-electron chi connectivity index (χ2n) is 9.30. The molecule has 4 aromatic carbocycles. The largest absolute Gasteiger partial charge is 0.489 e. The summed E-state index contributed by atoms with van der Waals surface area (Å²) in [4.78, 5) is 29.2. The summed E-state index contributed by atoms with van der Waals surface area (Å²) in [7, 11) is 0. The van der Waals surface area contributed by atoms with E-state index in [1.54, 1.807) is 54.8 Å². The van der Waals surface area contributed by atoms with Crippen LogP contribution in [0.15, 0.2) is 120 Å². The van der Waals surface area contributed by atoms with Crippen molar-refractivity contribution in [2.75, 3.05) is 0 Å². The van der Waals surface area contributed by atoms with Crippen LogP contribution >= 0.6 is 0 Å². The van der Waals surface area contributed by atoms with Crippen molar-refractivity contribution in [3.63, 3.8) is 0 Å². The maximum absolute atomic E-state index is 13.8. The number of fused-ring (bicyclic) bond motifs is 2. The number of nitrogens with zero attached hydrogens (tertiary/aromatic N) is 1. The number of carboxylic acid groups (broad SMARTS) is 1. The van der Waals surface area contributed by atoms with Crippen LogP contribution in [0.5, 0.6) is 17.2 Å². The maximum Gasteiger partial charge on any atom is 0.328 e. The van der Waals surface area contributed by atoms with E-state index in [0.717, 1.165) is 17.0 Å². The van der Waals surface area contributed by atoms with Gasteiger partial charge in [-0.3, -0.25) is 9.78 Å². The quantitative estimate of drug-likeness (QED) is 0.148. The predicted octanol–water partition coefficient (Wildman–Crippen LogP) is 7.68. The Morgan fingerprint density at radius 2 is 1.68 bits per heavy atom. The van der Waals surface area contributed by atoms with E-state index in [9.17, 15) is 9.59 Å². The third kappa shape index (κ3) is 5.69. The van der Waals surface area contributed by atoms with E-state index in [2.05, 4.69) is 4.98 Å². The molecule has 6 rings (SSSR count). The minimum absolute atomic E-state index is 0.247. The average Bonchev–Trinajstić information content (AvgIpc) is 3.48. The first-order valence-electron chi connectivity index (χ1n) is 12.8. The molecule has 0 radical (unpaired) electrons. The molecule has 0 fully saturated rings. The number of carboxylic acids is 1. The Balaban J connectivity index is 1.37.